The van der Waals surface area contributed by atoms with E-state index in [1.165, 1.54) is 0 Å². The molecule has 68 valence electrons. The van der Waals surface area contributed by atoms with Crippen LogP contribution in [0.4, 0.5) is 0 Å². The van der Waals surface area contributed by atoms with Crippen molar-refractivity contribution in [1.29, 1.82) is 5.26 Å². The van der Waals surface area contributed by atoms with E-state index in [1.807, 2.05) is 24.3 Å². The summed E-state index contributed by atoms with van der Waals surface area (Å²) in [6.45, 7) is -0.123. The highest BCUT2D eigenvalue weighted by Crippen LogP contribution is 2.18. The summed E-state index contributed by atoms with van der Waals surface area (Å²) in [6, 6.07) is 9.37. The van der Waals surface area contributed by atoms with Gasteiger partial charge in [0.25, 0.3) is 0 Å². The lowest BCUT2D eigenvalue weighted by atomic mass is 10.0. The van der Waals surface area contributed by atoms with Crippen molar-refractivity contribution in [3.63, 3.8) is 0 Å². The van der Waals surface area contributed by atoms with Crippen molar-refractivity contribution >= 4 is 11.6 Å². The molecule has 0 fully saturated rings. The predicted molar refractivity (Wildman–Crippen MR) is 51.3 cm³/mol. The predicted octanol–water partition coefficient (Wildman–Crippen LogP) is 2.01. The van der Waals surface area contributed by atoms with Crippen LogP contribution in [0.25, 0.3) is 0 Å². The van der Waals surface area contributed by atoms with Gasteiger partial charge in [0.05, 0.1) is 18.6 Å². The lowest BCUT2D eigenvalue weighted by molar-refractivity contribution is 0.255. The molecule has 0 unspecified atom stereocenters. The van der Waals surface area contributed by atoms with E-state index in [0.29, 0.717) is 11.4 Å². The molecule has 0 amide bonds. The van der Waals surface area contributed by atoms with Crippen molar-refractivity contribution in [2.24, 2.45) is 5.92 Å². The summed E-state index contributed by atoms with van der Waals surface area (Å²) >= 11 is 5.89. The Hall–Kier alpha value is -1.04. The van der Waals surface area contributed by atoms with Crippen LogP contribution in [0.15, 0.2) is 24.3 Å². The topological polar surface area (TPSA) is 44.0 Å². The number of hydrogen-bond acceptors (Lipinski definition) is 2. The first kappa shape index (κ1) is 10.0. The van der Waals surface area contributed by atoms with E-state index in [0.717, 1.165) is 5.56 Å². The number of aliphatic hydroxyl groups excluding tert-OH is 1. The summed E-state index contributed by atoms with van der Waals surface area (Å²) < 4.78 is 0. The highest BCUT2D eigenvalue weighted by molar-refractivity contribution is 6.31. The van der Waals surface area contributed by atoms with E-state index >= 15 is 0 Å². The van der Waals surface area contributed by atoms with Crippen LogP contribution in [0.1, 0.15) is 5.56 Å². The molecule has 0 saturated heterocycles. The molecule has 1 N–H and O–H groups in total. The number of aliphatic hydroxyl groups is 1. The van der Waals surface area contributed by atoms with Gasteiger partial charge < -0.3 is 5.11 Å². The zero-order chi connectivity index (χ0) is 9.68. The van der Waals surface area contributed by atoms with Gasteiger partial charge in [-0.1, -0.05) is 29.8 Å². The quantitative estimate of drug-likeness (QED) is 0.802. The minimum atomic E-state index is -0.361. The first-order valence-corrected chi connectivity index (χ1v) is 4.39. The molecule has 0 heterocycles. The Balaban J connectivity index is 2.74. The molecule has 0 aromatic heterocycles. The number of nitrogens with zero attached hydrogens (tertiary/aromatic N) is 1. The first-order valence-electron chi connectivity index (χ1n) is 4.01. The summed E-state index contributed by atoms with van der Waals surface area (Å²) in [6.07, 6.45) is 0.507. The molecule has 1 atom stereocenters. The monoisotopic (exact) mass is 195 g/mol. The van der Waals surface area contributed by atoms with Crippen molar-refractivity contribution < 1.29 is 5.11 Å². The van der Waals surface area contributed by atoms with Gasteiger partial charge in [-0.3, -0.25) is 0 Å². The van der Waals surface area contributed by atoms with Crippen molar-refractivity contribution in [2.75, 3.05) is 6.61 Å². The van der Waals surface area contributed by atoms with E-state index in [-0.39, 0.29) is 12.5 Å². The Kier molecular flexibility index (Phi) is 3.75. The molecule has 0 bridgehead atoms. The molecular formula is C10H10ClNO. The molecule has 3 heteroatoms. The molecule has 0 spiro atoms. The van der Waals surface area contributed by atoms with Crippen molar-refractivity contribution in [1.82, 2.24) is 0 Å². The Bertz CT molecular complexity index is 319. The van der Waals surface area contributed by atoms with Crippen LogP contribution in [0.2, 0.25) is 5.02 Å². The third kappa shape index (κ3) is 2.73. The lowest BCUT2D eigenvalue weighted by Crippen LogP contribution is -2.06. The minimum absolute atomic E-state index is 0.123. The van der Waals surface area contributed by atoms with Gasteiger partial charge in [0.2, 0.25) is 0 Å². The second kappa shape index (κ2) is 4.86. The standard InChI is InChI=1S/C10H10ClNO/c11-10-4-2-1-3-9(10)5-8(6-12)7-13/h1-4,8,13H,5,7H2/t8-/m0/s1. The fraction of sp³-hybridized carbons (Fsp3) is 0.300. The summed E-state index contributed by atoms with van der Waals surface area (Å²) in [5.74, 6) is -0.361. The van der Waals surface area contributed by atoms with Crippen LogP contribution in [0, 0.1) is 17.2 Å². The molecule has 0 aliphatic heterocycles. The Morgan fingerprint density at radius 2 is 2.15 bits per heavy atom. The zero-order valence-corrected chi connectivity index (χ0v) is 7.83. The van der Waals surface area contributed by atoms with Crippen molar-refractivity contribution in [3.8, 4) is 6.07 Å². The van der Waals surface area contributed by atoms with Crippen LogP contribution < -0.4 is 0 Å². The van der Waals surface area contributed by atoms with Gasteiger partial charge in [0.15, 0.2) is 0 Å². The van der Waals surface area contributed by atoms with Gasteiger partial charge >= 0.3 is 0 Å². The SMILES string of the molecule is N#C[C@@H](CO)Cc1ccccc1Cl. The van der Waals surface area contributed by atoms with E-state index in [4.69, 9.17) is 22.0 Å². The van der Waals surface area contributed by atoms with Crippen LogP contribution in [0.5, 0.6) is 0 Å². The number of halogens is 1. The molecule has 0 saturated carbocycles. The van der Waals surface area contributed by atoms with Crippen LogP contribution >= 0.6 is 11.6 Å². The highest BCUT2D eigenvalue weighted by atomic mass is 35.5. The molecule has 2 nitrogen and oxygen atoms in total. The maximum Gasteiger partial charge on any atom is 0.0735 e. The number of rotatable bonds is 3. The third-order valence-electron chi connectivity index (χ3n) is 1.83. The Morgan fingerprint density at radius 1 is 1.46 bits per heavy atom. The molecule has 0 aliphatic rings. The van der Waals surface area contributed by atoms with Gasteiger partial charge in [0, 0.05) is 5.02 Å². The first-order chi connectivity index (χ1) is 6.27. The lowest BCUT2D eigenvalue weighted by Gasteiger charge is -2.06. The molecule has 1 rings (SSSR count). The minimum Gasteiger partial charge on any atom is -0.395 e. The largest absolute Gasteiger partial charge is 0.395 e. The van der Waals surface area contributed by atoms with E-state index < -0.39 is 0 Å². The zero-order valence-electron chi connectivity index (χ0n) is 7.07. The highest BCUT2D eigenvalue weighted by Gasteiger charge is 2.08. The molecule has 1 aromatic carbocycles. The summed E-state index contributed by atoms with van der Waals surface area (Å²) in [5.41, 5.74) is 0.907. The second-order valence-corrected chi connectivity index (χ2v) is 3.21. The Morgan fingerprint density at radius 3 is 2.69 bits per heavy atom. The maximum atomic E-state index is 8.81. The third-order valence-corrected chi connectivity index (χ3v) is 2.20. The summed E-state index contributed by atoms with van der Waals surface area (Å²) in [4.78, 5) is 0. The molecular weight excluding hydrogens is 186 g/mol. The maximum absolute atomic E-state index is 8.81. The fourth-order valence-electron chi connectivity index (χ4n) is 1.08. The summed E-state index contributed by atoms with van der Waals surface area (Å²) in [5, 5.41) is 18.1. The van der Waals surface area contributed by atoms with Gasteiger partial charge in [0.1, 0.15) is 0 Å². The summed E-state index contributed by atoms with van der Waals surface area (Å²) in [7, 11) is 0. The van der Waals surface area contributed by atoms with Gasteiger partial charge in [-0.15, -0.1) is 0 Å². The number of nitriles is 1. The van der Waals surface area contributed by atoms with E-state index in [2.05, 4.69) is 0 Å². The molecule has 1 aromatic rings. The molecule has 13 heavy (non-hydrogen) atoms. The van der Waals surface area contributed by atoms with E-state index in [9.17, 15) is 0 Å². The van der Waals surface area contributed by atoms with Crippen LogP contribution in [-0.2, 0) is 6.42 Å². The average Bonchev–Trinajstić information content (AvgIpc) is 2.17. The number of benzene rings is 1. The van der Waals surface area contributed by atoms with Crippen LogP contribution in [-0.4, -0.2) is 11.7 Å². The van der Waals surface area contributed by atoms with Crippen molar-refractivity contribution in [2.45, 2.75) is 6.42 Å². The van der Waals surface area contributed by atoms with Crippen molar-refractivity contribution in [3.05, 3.63) is 34.9 Å². The second-order valence-electron chi connectivity index (χ2n) is 2.80. The van der Waals surface area contributed by atoms with Gasteiger partial charge in [-0.25, -0.2) is 0 Å². The number of hydrogen-bond donors (Lipinski definition) is 1. The molecule has 0 aliphatic carbocycles. The normalized spacial score (nSPS) is 12.1. The van der Waals surface area contributed by atoms with Gasteiger partial charge in [-0.2, -0.15) is 5.26 Å². The fourth-order valence-corrected chi connectivity index (χ4v) is 1.29. The molecule has 0 radical (unpaired) electrons. The van der Waals surface area contributed by atoms with Gasteiger partial charge in [-0.05, 0) is 18.1 Å². The van der Waals surface area contributed by atoms with E-state index in [1.54, 1.807) is 6.07 Å². The smallest absolute Gasteiger partial charge is 0.0735 e. The van der Waals surface area contributed by atoms with Crippen LogP contribution in [0.3, 0.4) is 0 Å². The Labute approximate surface area is 82.4 Å². The average molecular weight is 196 g/mol.